The van der Waals surface area contributed by atoms with E-state index in [0.717, 1.165) is 22.4 Å². The molecule has 0 saturated heterocycles. The van der Waals surface area contributed by atoms with E-state index in [-0.39, 0.29) is 11.9 Å². The molecular weight excluding hydrogens is 289 g/mol. The van der Waals surface area contributed by atoms with Crippen molar-refractivity contribution in [2.24, 2.45) is 0 Å². The number of benzene rings is 1. The topological polar surface area (TPSA) is 30.7 Å². The fourth-order valence-electron chi connectivity index (χ4n) is 2.55. The molecule has 1 unspecified atom stereocenters. The van der Waals surface area contributed by atoms with Gasteiger partial charge in [-0.05, 0) is 37.1 Å². The van der Waals surface area contributed by atoms with E-state index >= 15 is 0 Å². The molecule has 0 spiro atoms. The normalized spacial score (nSPS) is 12.8. The number of aryl methyl sites for hydroxylation is 1. The van der Waals surface area contributed by atoms with Crippen LogP contribution in [0.1, 0.15) is 29.9 Å². The maximum Gasteiger partial charge on any atom is 0.126 e. The van der Waals surface area contributed by atoms with E-state index in [9.17, 15) is 4.39 Å². The van der Waals surface area contributed by atoms with Crippen molar-refractivity contribution in [3.63, 3.8) is 0 Å². The van der Waals surface area contributed by atoms with E-state index in [4.69, 9.17) is 11.6 Å². The fraction of sp³-hybridized carbons (Fsp3) is 0.250. The maximum atomic E-state index is 13.8. The summed E-state index contributed by atoms with van der Waals surface area (Å²) in [5.41, 5.74) is 3.28. The highest BCUT2D eigenvalue weighted by Gasteiger charge is 2.17. The molecule has 3 aromatic rings. The lowest BCUT2D eigenvalue weighted by molar-refractivity contribution is 0.596. The SMILES string of the molecule is Cc1ccc(C(C)n2c(CCl)nc3cnccc32)cc1F. The van der Waals surface area contributed by atoms with Gasteiger partial charge in [-0.1, -0.05) is 12.1 Å². The van der Waals surface area contributed by atoms with Crippen molar-refractivity contribution in [1.82, 2.24) is 14.5 Å². The number of imidazole rings is 1. The Balaban J connectivity index is 2.16. The minimum Gasteiger partial charge on any atom is -0.320 e. The Labute approximate surface area is 127 Å². The molecule has 0 bridgehead atoms. The molecule has 0 aliphatic heterocycles. The second kappa shape index (κ2) is 5.45. The number of rotatable bonds is 3. The summed E-state index contributed by atoms with van der Waals surface area (Å²) in [5.74, 6) is 0.860. The third kappa shape index (κ3) is 2.40. The molecule has 0 aliphatic rings. The first kappa shape index (κ1) is 14.0. The summed E-state index contributed by atoms with van der Waals surface area (Å²) >= 11 is 6.01. The summed E-state index contributed by atoms with van der Waals surface area (Å²) in [6, 6.07) is 7.15. The van der Waals surface area contributed by atoms with Crippen LogP contribution in [0.25, 0.3) is 11.0 Å². The zero-order chi connectivity index (χ0) is 15.0. The highest BCUT2D eigenvalue weighted by Crippen LogP contribution is 2.27. The van der Waals surface area contributed by atoms with Crippen LogP contribution in [0.4, 0.5) is 4.39 Å². The summed E-state index contributed by atoms with van der Waals surface area (Å²) in [5, 5.41) is 0. The van der Waals surface area contributed by atoms with Gasteiger partial charge >= 0.3 is 0 Å². The van der Waals surface area contributed by atoms with Crippen molar-refractivity contribution >= 4 is 22.6 Å². The molecule has 0 aliphatic carbocycles. The van der Waals surface area contributed by atoms with Gasteiger partial charge in [-0.25, -0.2) is 9.37 Å². The third-order valence-corrected chi connectivity index (χ3v) is 3.99. The van der Waals surface area contributed by atoms with Crippen molar-refractivity contribution in [2.75, 3.05) is 0 Å². The molecule has 108 valence electrons. The van der Waals surface area contributed by atoms with Gasteiger partial charge in [0.2, 0.25) is 0 Å². The van der Waals surface area contributed by atoms with Gasteiger partial charge in [-0.2, -0.15) is 0 Å². The Morgan fingerprint density at radius 1 is 1.33 bits per heavy atom. The van der Waals surface area contributed by atoms with Gasteiger partial charge in [0.1, 0.15) is 17.2 Å². The molecule has 1 aromatic carbocycles. The lowest BCUT2D eigenvalue weighted by atomic mass is 10.1. The van der Waals surface area contributed by atoms with Crippen molar-refractivity contribution < 1.29 is 4.39 Å². The van der Waals surface area contributed by atoms with E-state index in [0.29, 0.717) is 11.4 Å². The minimum absolute atomic E-state index is 0.0544. The second-order valence-electron chi connectivity index (χ2n) is 5.08. The monoisotopic (exact) mass is 303 g/mol. The number of fused-ring (bicyclic) bond motifs is 1. The van der Waals surface area contributed by atoms with E-state index in [1.54, 1.807) is 31.5 Å². The minimum atomic E-state index is -0.196. The van der Waals surface area contributed by atoms with Crippen molar-refractivity contribution in [1.29, 1.82) is 0 Å². The Kier molecular flexibility index (Phi) is 3.64. The van der Waals surface area contributed by atoms with Gasteiger partial charge in [0, 0.05) is 6.20 Å². The average Bonchev–Trinajstić information content (AvgIpc) is 2.87. The zero-order valence-electron chi connectivity index (χ0n) is 11.8. The number of nitrogens with zero attached hydrogens (tertiary/aromatic N) is 3. The molecule has 0 N–H and O–H groups in total. The van der Waals surface area contributed by atoms with Gasteiger partial charge in [-0.3, -0.25) is 4.98 Å². The number of halogens is 2. The largest absolute Gasteiger partial charge is 0.320 e. The lowest BCUT2D eigenvalue weighted by Gasteiger charge is -2.18. The molecule has 21 heavy (non-hydrogen) atoms. The number of pyridine rings is 1. The summed E-state index contributed by atoms with van der Waals surface area (Å²) in [7, 11) is 0. The fourth-order valence-corrected chi connectivity index (χ4v) is 2.73. The van der Waals surface area contributed by atoms with E-state index in [2.05, 4.69) is 9.97 Å². The highest BCUT2D eigenvalue weighted by molar-refractivity contribution is 6.16. The molecule has 2 heterocycles. The van der Waals surface area contributed by atoms with Gasteiger partial charge in [0.05, 0.1) is 23.6 Å². The Bertz CT molecular complexity index is 797. The standard InChI is InChI=1S/C16H15ClFN3/c1-10-3-4-12(7-13(10)18)11(2)21-15-5-6-19-9-14(15)20-16(21)8-17/h3-7,9,11H,8H2,1-2H3. The van der Waals surface area contributed by atoms with Gasteiger partial charge in [0.15, 0.2) is 0 Å². The molecular formula is C16H15ClFN3. The first-order valence-electron chi connectivity index (χ1n) is 6.74. The average molecular weight is 304 g/mol. The van der Waals surface area contributed by atoms with Crippen LogP contribution in [0.2, 0.25) is 0 Å². The molecule has 0 saturated carbocycles. The predicted octanol–water partition coefficient (Wildman–Crippen LogP) is 4.23. The summed E-state index contributed by atoms with van der Waals surface area (Å²) in [4.78, 5) is 8.57. The van der Waals surface area contributed by atoms with Gasteiger partial charge < -0.3 is 4.57 Å². The molecule has 2 aromatic heterocycles. The molecule has 5 heteroatoms. The van der Waals surface area contributed by atoms with E-state index in [1.165, 1.54) is 0 Å². The quantitative estimate of drug-likeness (QED) is 0.678. The summed E-state index contributed by atoms with van der Waals surface area (Å²) < 4.78 is 15.9. The maximum absolute atomic E-state index is 13.8. The van der Waals surface area contributed by atoms with Crippen LogP contribution < -0.4 is 0 Å². The number of alkyl halides is 1. The first-order chi connectivity index (χ1) is 10.1. The van der Waals surface area contributed by atoms with Crippen molar-refractivity contribution in [3.05, 3.63) is 59.4 Å². The van der Waals surface area contributed by atoms with Crippen molar-refractivity contribution in [3.8, 4) is 0 Å². The smallest absolute Gasteiger partial charge is 0.126 e. The van der Waals surface area contributed by atoms with Crippen LogP contribution in [-0.4, -0.2) is 14.5 Å². The number of hydrogen-bond donors (Lipinski definition) is 0. The molecule has 1 atom stereocenters. The zero-order valence-corrected chi connectivity index (χ0v) is 12.6. The van der Waals surface area contributed by atoms with E-state index in [1.807, 2.05) is 23.6 Å². The first-order valence-corrected chi connectivity index (χ1v) is 7.28. The number of hydrogen-bond acceptors (Lipinski definition) is 2. The van der Waals surface area contributed by atoms with Crippen molar-refractivity contribution in [2.45, 2.75) is 25.8 Å². The van der Waals surface area contributed by atoms with Crippen LogP contribution in [0, 0.1) is 12.7 Å². The Morgan fingerprint density at radius 3 is 2.86 bits per heavy atom. The molecule has 0 radical (unpaired) electrons. The van der Waals surface area contributed by atoms with Crippen LogP contribution in [0.15, 0.2) is 36.7 Å². The predicted molar refractivity (Wildman–Crippen MR) is 82.0 cm³/mol. The molecule has 3 rings (SSSR count). The molecule has 0 fully saturated rings. The Morgan fingerprint density at radius 2 is 2.14 bits per heavy atom. The van der Waals surface area contributed by atoms with E-state index < -0.39 is 0 Å². The summed E-state index contributed by atoms with van der Waals surface area (Å²) in [6.07, 6.45) is 3.44. The van der Waals surface area contributed by atoms with Crippen LogP contribution >= 0.6 is 11.6 Å². The Hall–Kier alpha value is -1.94. The third-order valence-electron chi connectivity index (χ3n) is 3.75. The van der Waals surface area contributed by atoms with Crippen LogP contribution in [0.3, 0.4) is 0 Å². The second-order valence-corrected chi connectivity index (χ2v) is 5.35. The molecule has 3 nitrogen and oxygen atoms in total. The van der Waals surface area contributed by atoms with Crippen LogP contribution in [0.5, 0.6) is 0 Å². The number of aromatic nitrogens is 3. The highest BCUT2D eigenvalue weighted by atomic mass is 35.5. The summed E-state index contributed by atoms with van der Waals surface area (Å²) in [6.45, 7) is 3.77. The lowest BCUT2D eigenvalue weighted by Crippen LogP contribution is -2.10. The molecule has 0 amide bonds. The van der Waals surface area contributed by atoms with Crippen LogP contribution in [-0.2, 0) is 5.88 Å². The van der Waals surface area contributed by atoms with Gasteiger partial charge in [0.25, 0.3) is 0 Å². The van der Waals surface area contributed by atoms with Gasteiger partial charge in [-0.15, -0.1) is 11.6 Å².